The summed E-state index contributed by atoms with van der Waals surface area (Å²) in [6.07, 6.45) is 4.59. The Morgan fingerprint density at radius 2 is 2.38 bits per heavy atom. The molecule has 2 rings (SSSR count). The van der Waals surface area contributed by atoms with Crippen LogP contribution in [0.2, 0.25) is 5.28 Å². The summed E-state index contributed by atoms with van der Waals surface area (Å²) in [5.74, 6) is 0.873. The summed E-state index contributed by atoms with van der Waals surface area (Å²) in [7, 11) is 0. The highest BCUT2D eigenvalue weighted by molar-refractivity contribution is 6.28. The lowest BCUT2D eigenvalue weighted by Crippen LogP contribution is -2.28. The number of rotatable bonds is 4. The van der Waals surface area contributed by atoms with E-state index in [1.54, 1.807) is 6.20 Å². The molecule has 0 aliphatic heterocycles. The molecule has 0 unspecified atom stereocenters. The van der Waals surface area contributed by atoms with Crippen molar-refractivity contribution in [2.45, 2.75) is 32.2 Å². The lowest BCUT2D eigenvalue weighted by atomic mass is 10.3. The normalized spacial score (nSPS) is 14.6. The van der Waals surface area contributed by atoms with E-state index in [1.165, 1.54) is 12.8 Å². The van der Waals surface area contributed by atoms with Crippen LogP contribution in [-0.4, -0.2) is 22.6 Å². The third-order valence-corrected chi connectivity index (χ3v) is 2.82. The van der Waals surface area contributed by atoms with E-state index < -0.39 is 0 Å². The smallest absolute Gasteiger partial charge is 0.224 e. The Balaban J connectivity index is 2.23. The summed E-state index contributed by atoms with van der Waals surface area (Å²) in [6, 6.07) is 2.69. The minimum atomic E-state index is 0.267. The topological polar surface area (TPSA) is 52.8 Å². The largest absolute Gasteiger partial charge is 0.352 e. The average Bonchev–Trinajstić information content (AvgIpc) is 3.08. The van der Waals surface area contributed by atoms with Gasteiger partial charge in [-0.05, 0) is 31.4 Å². The highest BCUT2D eigenvalue weighted by Crippen LogP contribution is 2.32. The number of aromatic nitrogens is 2. The number of halogens is 1. The first-order valence-electron chi connectivity index (χ1n) is 5.35. The van der Waals surface area contributed by atoms with Crippen molar-refractivity contribution in [2.24, 2.45) is 0 Å². The Labute approximate surface area is 99.9 Å². The molecule has 1 heterocycles. The average molecular weight is 237 g/mol. The fourth-order valence-corrected chi connectivity index (χ4v) is 1.85. The number of nitrogens with zero attached hydrogens (tertiary/aromatic N) is 4. The molecule has 0 radical (unpaired) electrons. The molecule has 1 aliphatic rings. The second kappa shape index (κ2) is 4.67. The van der Waals surface area contributed by atoms with Gasteiger partial charge in [-0.15, -0.1) is 0 Å². The monoisotopic (exact) mass is 236 g/mol. The van der Waals surface area contributed by atoms with Gasteiger partial charge in [0.05, 0.1) is 12.5 Å². The maximum absolute atomic E-state index is 8.65. The fraction of sp³-hybridized carbons (Fsp3) is 0.545. The second-order valence-corrected chi connectivity index (χ2v) is 4.32. The van der Waals surface area contributed by atoms with Crippen molar-refractivity contribution in [1.29, 1.82) is 5.26 Å². The van der Waals surface area contributed by atoms with Gasteiger partial charge in [-0.25, -0.2) is 9.97 Å². The quantitative estimate of drug-likeness (QED) is 0.753. The van der Waals surface area contributed by atoms with E-state index in [0.29, 0.717) is 12.5 Å². The van der Waals surface area contributed by atoms with Crippen LogP contribution in [0.25, 0.3) is 0 Å². The van der Waals surface area contributed by atoms with Crippen molar-refractivity contribution in [1.82, 2.24) is 9.97 Å². The Hall–Kier alpha value is -1.34. The lowest BCUT2D eigenvalue weighted by molar-refractivity contribution is 0.771. The highest BCUT2D eigenvalue weighted by atomic mass is 35.5. The van der Waals surface area contributed by atoms with Crippen LogP contribution in [0, 0.1) is 18.3 Å². The standard InChI is InChI=1S/C11H13ClN4/c1-8-7-14-11(12)15-10(8)16(6-2-5-13)9-3-4-9/h7,9H,2-4,6H2,1H3. The molecule has 4 nitrogen and oxygen atoms in total. The van der Waals surface area contributed by atoms with Crippen LogP contribution in [-0.2, 0) is 0 Å². The van der Waals surface area contributed by atoms with Crippen molar-refractivity contribution in [3.63, 3.8) is 0 Å². The molecule has 84 valence electrons. The minimum absolute atomic E-state index is 0.267. The number of hydrogen-bond donors (Lipinski definition) is 0. The SMILES string of the molecule is Cc1cnc(Cl)nc1N(CCC#N)C1CC1. The van der Waals surface area contributed by atoms with E-state index >= 15 is 0 Å². The first-order valence-corrected chi connectivity index (χ1v) is 5.73. The fourth-order valence-electron chi connectivity index (χ4n) is 1.72. The van der Waals surface area contributed by atoms with Gasteiger partial charge in [0, 0.05) is 24.3 Å². The molecule has 0 N–H and O–H groups in total. The van der Waals surface area contributed by atoms with Gasteiger partial charge in [0.25, 0.3) is 0 Å². The molecule has 0 amide bonds. The number of aryl methyl sites for hydroxylation is 1. The Morgan fingerprint density at radius 1 is 1.62 bits per heavy atom. The first kappa shape index (κ1) is 11.2. The second-order valence-electron chi connectivity index (χ2n) is 3.98. The Bertz CT molecular complexity index is 422. The molecule has 1 aromatic heterocycles. The van der Waals surface area contributed by atoms with E-state index in [2.05, 4.69) is 20.9 Å². The third-order valence-electron chi connectivity index (χ3n) is 2.64. The number of anilines is 1. The molecule has 16 heavy (non-hydrogen) atoms. The maximum atomic E-state index is 8.65. The van der Waals surface area contributed by atoms with E-state index in [0.717, 1.165) is 17.9 Å². The molecule has 1 aromatic rings. The summed E-state index contributed by atoms with van der Waals surface area (Å²) < 4.78 is 0. The molecule has 1 aliphatic carbocycles. The van der Waals surface area contributed by atoms with Crippen molar-refractivity contribution in [2.75, 3.05) is 11.4 Å². The van der Waals surface area contributed by atoms with Crippen LogP contribution >= 0.6 is 11.6 Å². The van der Waals surface area contributed by atoms with Crippen LogP contribution in [0.15, 0.2) is 6.20 Å². The molecule has 1 saturated carbocycles. The zero-order chi connectivity index (χ0) is 11.5. The van der Waals surface area contributed by atoms with Crippen LogP contribution in [0.3, 0.4) is 0 Å². The zero-order valence-corrected chi connectivity index (χ0v) is 9.91. The van der Waals surface area contributed by atoms with Gasteiger partial charge in [-0.1, -0.05) is 0 Å². The van der Waals surface area contributed by atoms with Crippen LogP contribution < -0.4 is 4.90 Å². The van der Waals surface area contributed by atoms with Crippen LogP contribution in [0.1, 0.15) is 24.8 Å². The Kier molecular flexibility index (Phi) is 3.25. The van der Waals surface area contributed by atoms with E-state index in [-0.39, 0.29) is 5.28 Å². The molecule has 0 aromatic carbocycles. The zero-order valence-electron chi connectivity index (χ0n) is 9.15. The van der Waals surface area contributed by atoms with Crippen LogP contribution in [0.5, 0.6) is 0 Å². The van der Waals surface area contributed by atoms with E-state index in [4.69, 9.17) is 16.9 Å². The highest BCUT2D eigenvalue weighted by Gasteiger charge is 2.30. The number of nitriles is 1. The van der Waals surface area contributed by atoms with Gasteiger partial charge in [0.2, 0.25) is 5.28 Å². The third kappa shape index (κ3) is 2.42. The minimum Gasteiger partial charge on any atom is -0.352 e. The predicted molar refractivity (Wildman–Crippen MR) is 62.4 cm³/mol. The molecule has 0 bridgehead atoms. The molecule has 0 spiro atoms. The Morgan fingerprint density at radius 3 is 3.00 bits per heavy atom. The first-order chi connectivity index (χ1) is 7.72. The summed E-state index contributed by atoms with van der Waals surface area (Å²) in [5, 5.41) is 8.92. The predicted octanol–water partition coefficient (Wildman–Crippen LogP) is 2.32. The van der Waals surface area contributed by atoms with Gasteiger partial charge in [0.1, 0.15) is 5.82 Å². The van der Waals surface area contributed by atoms with Crippen molar-refractivity contribution in [3.05, 3.63) is 17.0 Å². The molecule has 1 fully saturated rings. The van der Waals surface area contributed by atoms with Crippen molar-refractivity contribution in [3.8, 4) is 6.07 Å². The molecular formula is C11H13ClN4. The van der Waals surface area contributed by atoms with Gasteiger partial charge in [0.15, 0.2) is 0 Å². The van der Waals surface area contributed by atoms with Crippen molar-refractivity contribution < 1.29 is 0 Å². The molecule has 0 atom stereocenters. The lowest BCUT2D eigenvalue weighted by Gasteiger charge is -2.23. The van der Waals surface area contributed by atoms with Gasteiger partial charge >= 0.3 is 0 Å². The van der Waals surface area contributed by atoms with E-state index in [9.17, 15) is 0 Å². The maximum Gasteiger partial charge on any atom is 0.224 e. The molecule has 5 heteroatoms. The molecule has 0 saturated heterocycles. The van der Waals surface area contributed by atoms with Crippen LogP contribution in [0.4, 0.5) is 5.82 Å². The summed E-state index contributed by atoms with van der Waals surface area (Å²) in [4.78, 5) is 10.4. The summed E-state index contributed by atoms with van der Waals surface area (Å²) in [6.45, 7) is 2.68. The summed E-state index contributed by atoms with van der Waals surface area (Å²) in [5.41, 5.74) is 1.01. The van der Waals surface area contributed by atoms with Crippen molar-refractivity contribution >= 4 is 17.4 Å². The van der Waals surface area contributed by atoms with E-state index in [1.807, 2.05) is 6.92 Å². The molecular weight excluding hydrogens is 224 g/mol. The number of hydrogen-bond acceptors (Lipinski definition) is 4. The van der Waals surface area contributed by atoms with Gasteiger partial charge in [-0.2, -0.15) is 5.26 Å². The van der Waals surface area contributed by atoms with Gasteiger partial charge < -0.3 is 4.90 Å². The van der Waals surface area contributed by atoms with Gasteiger partial charge in [-0.3, -0.25) is 0 Å². The summed E-state index contributed by atoms with van der Waals surface area (Å²) >= 11 is 5.81.